The lowest BCUT2D eigenvalue weighted by atomic mass is 9.88. The number of carbonyl (C=O) groups excluding carboxylic acids is 1. The third kappa shape index (κ3) is 8.35. The Bertz CT molecular complexity index is 807. The van der Waals surface area contributed by atoms with Crippen molar-refractivity contribution in [2.24, 2.45) is 23.7 Å². The number of allylic oxidation sites excluding steroid dienone is 2. The molecule has 0 radical (unpaired) electrons. The van der Waals surface area contributed by atoms with Gasteiger partial charge < -0.3 is 15.5 Å². The molecule has 1 aromatic heterocycles. The normalized spacial score (nSPS) is 25.8. The van der Waals surface area contributed by atoms with E-state index in [0.717, 1.165) is 50.5 Å². The first-order chi connectivity index (χ1) is 16.5. The first-order valence-corrected chi connectivity index (χ1v) is 13.4. The zero-order valence-electron chi connectivity index (χ0n) is 21.0. The van der Waals surface area contributed by atoms with Gasteiger partial charge in [-0.2, -0.15) is 0 Å². The number of aliphatic hydroxyl groups is 2. The van der Waals surface area contributed by atoms with Crippen molar-refractivity contribution in [2.75, 3.05) is 0 Å². The van der Waals surface area contributed by atoms with E-state index in [-0.39, 0.29) is 17.9 Å². The Morgan fingerprint density at radius 2 is 2.06 bits per heavy atom. The predicted molar refractivity (Wildman–Crippen MR) is 137 cm³/mol. The maximum Gasteiger partial charge on any atom is 0.220 e. The molecule has 0 unspecified atom stereocenters. The summed E-state index contributed by atoms with van der Waals surface area (Å²) in [6.07, 6.45) is 18.9. The number of carbonyl (C=O) groups is 1. The molecule has 34 heavy (non-hydrogen) atoms. The lowest BCUT2D eigenvalue weighted by Gasteiger charge is -2.19. The first kappa shape index (κ1) is 26.6. The summed E-state index contributed by atoms with van der Waals surface area (Å²) >= 11 is 0. The second kappa shape index (κ2) is 13.8. The number of unbranched alkanes of at least 4 members (excludes halogenated alkanes) is 2. The summed E-state index contributed by atoms with van der Waals surface area (Å²) in [7, 11) is 0. The van der Waals surface area contributed by atoms with Gasteiger partial charge in [0.05, 0.1) is 12.2 Å². The average Bonchev–Trinajstić information content (AvgIpc) is 3.34. The molecule has 1 aromatic rings. The van der Waals surface area contributed by atoms with Crippen LogP contribution in [0.2, 0.25) is 0 Å². The van der Waals surface area contributed by atoms with E-state index in [1.54, 1.807) is 12.4 Å². The number of pyridine rings is 1. The molecule has 5 nitrogen and oxygen atoms in total. The van der Waals surface area contributed by atoms with Crippen LogP contribution in [0.1, 0.15) is 83.6 Å². The Morgan fingerprint density at radius 1 is 1.26 bits per heavy atom. The van der Waals surface area contributed by atoms with E-state index in [0.29, 0.717) is 30.7 Å². The molecule has 0 bridgehead atoms. The van der Waals surface area contributed by atoms with E-state index in [1.807, 2.05) is 18.2 Å². The van der Waals surface area contributed by atoms with Crippen LogP contribution in [-0.4, -0.2) is 33.3 Å². The number of amides is 1. The molecule has 188 valence electrons. The van der Waals surface area contributed by atoms with Crippen molar-refractivity contribution < 1.29 is 15.0 Å². The first-order valence-electron chi connectivity index (χ1n) is 13.4. The van der Waals surface area contributed by atoms with Crippen molar-refractivity contribution in [2.45, 2.75) is 96.8 Å². The van der Waals surface area contributed by atoms with Gasteiger partial charge in [0.2, 0.25) is 5.91 Å². The number of aliphatic hydroxyl groups excluding tert-OH is 2. The molecule has 0 aromatic carbocycles. The van der Waals surface area contributed by atoms with Gasteiger partial charge >= 0.3 is 0 Å². The van der Waals surface area contributed by atoms with E-state index in [1.165, 1.54) is 18.4 Å². The van der Waals surface area contributed by atoms with Crippen LogP contribution in [0.15, 0.2) is 48.3 Å². The number of rotatable bonds is 14. The van der Waals surface area contributed by atoms with Gasteiger partial charge in [0, 0.05) is 31.3 Å². The fourth-order valence-corrected chi connectivity index (χ4v) is 5.64. The van der Waals surface area contributed by atoms with Crippen molar-refractivity contribution in [3.63, 3.8) is 0 Å². The van der Waals surface area contributed by atoms with Gasteiger partial charge in [-0.05, 0) is 74.0 Å². The van der Waals surface area contributed by atoms with Crippen LogP contribution in [0.25, 0.3) is 0 Å². The minimum absolute atomic E-state index is 0.102. The molecular formula is C29H44N2O3. The average molecular weight is 469 g/mol. The summed E-state index contributed by atoms with van der Waals surface area (Å²) in [4.78, 5) is 16.1. The van der Waals surface area contributed by atoms with E-state index in [9.17, 15) is 15.0 Å². The number of nitrogens with one attached hydrogen (secondary N) is 1. The molecule has 0 aliphatic heterocycles. The lowest BCUT2D eigenvalue weighted by Crippen LogP contribution is -2.22. The third-order valence-corrected chi connectivity index (χ3v) is 7.59. The number of hydrogen-bond donors (Lipinski definition) is 3. The van der Waals surface area contributed by atoms with Gasteiger partial charge in [0.25, 0.3) is 0 Å². The van der Waals surface area contributed by atoms with Gasteiger partial charge in [-0.1, -0.05) is 56.9 Å². The molecule has 3 rings (SSSR count). The summed E-state index contributed by atoms with van der Waals surface area (Å²) in [6, 6.07) is 3.83. The second-order valence-corrected chi connectivity index (χ2v) is 10.5. The van der Waals surface area contributed by atoms with E-state index in [2.05, 4.69) is 36.3 Å². The molecular weight excluding hydrogens is 424 g/mol. The summed E-state index contributed by atoms with van der Waals surface area (Å²) in [6.45, 7) is 4.97. The number of aromatic nitrogens is 1. The zero-order chi connectivity index (χ0) is 24.3. The number of hydrogen-bond acceptors (Lipinski definition) is 4. The highest BCUT2D eigenvalue weighted by molar-refractivity contribution is 5.75. The van der Waals surface area contributed by atoms with Gasteiger partial charge in [0.15, 0.2) is 0 Å². The second-order valence-electron chi connectivity index (χ2n) is 10.5. The fourth-order valence-electron chi connectivity index (χ4n) is 5.64. The third-order valence-electron chi connectivity index (χ3n) is 7.59. The van der Waals surface area contributed by atoms with Gasteiger partial charge in [-0.25, -0.2) is 0 Å². The number of nitrogens with zero attached hydrogens (tertiary/aromatic N) is 1. The molecule has 1 fully saturated rings. The molecule has 2 aliphatic rings. The Balaban J connectivity index is 1.35. The summed E-state index contributed by atoms with van der Waals surface area (Å²) in [5.41, 5.74) is 2.54. The van der Waals surface area contributed by atoms with Crippen LogP contribution in [0.3, 0.4) is 0 Å². The van der Waals surface area contributed by atoms with Crippen LogP contribution in [0, 0.1) is 23.7 Å². The molecule has 5 heteroatoms. The van der Waals surface area contributed by atoms with Crippen molar-refractivity contribution in [3.05, 3.63) is 53.9 Å². The Kier molecular flexibility index (Phi) is 10.8. The van der Waals surface area contributed by atoms with Crippen LogP contribution in [0.5, 0.6) is 0 Å². The zero-order valence-corrected chi connectivity index (χ0v) is 21.0. The molecule has 1 heterocycles. The summed E-state index contributed by atoms with van der Waals surface area (Å²) in [5, 5.41) is 24.0. The van der Waals surface area contributed by atoms with Crippen molar-refractivity contribution >= 4 is 5.91 Å². The highest BCUT2D eigenvalue weighted by Crippen LogP contribution is 2.48. The van der Waals surface area contributed by atoms with E-state index in [4.69, 9.17) is 0 Å². The van der Waals surface area contributed by atoms with Crippen LogP contribution in [-0.2, 0) is 11.3 Å². The van der Waals surface area contributed by atoms with E-state index < -0.39 is 6.10 Å². The molecule has 3 N–H and O–H groups in total. The monoisotopic (exact) mass is 468 g/mol. The molecule has 6 atom stereocenters. The van der Waals surface area contributed by atoms with Gasteiger partial charge in [0.1, 0.15) is 0 Å². The van der Waals surface area contributed by atoms with E-state index >= 15 is 0 Å². The summed E-state index contributed by atoms with van der Waals surface area (Å²) in [5.74, 6) is 1.67. The summed E-state index contributed by atoms with van der Waals surface area (Å²) < 4.78 is 0. The quantitative estimate of drug-likeness (QED) is 0.254. The standard InChI is InChI=1S/C29H44N2O3/c1-3-4-7-21(2)16-25(32)10-11-26-27-18-23(17-24(27)19-28(26)33)8-5-6-9-29(34)31-20-22-12-14-30-15-13-22/h10-15,17,21,24-28,32-33H,3-9,16,18-20H2,1-2H3,(H,31,34)/b11-10+/t21-,24+,25-,26-,27+,28-/m1/s1. The molecule has 2 aliphatic carbocycles. The highest BCUT2D eigenvalue weighted by Gasteiger charge is 2.43. The topological polar surface area (TPSA) is 82.5 Å². The fraction of sp³-hybridized carbons (Fsp3) is 0.655. The molecule has 1 amide bonds. The highest BCUT2D eigenvalue weighted by atomic mass is 16.3. The largest absolute Gasteiger partial charge is 0.392 e. The lowest BCUT2D eigenvalue weighted by molar-refractivity contribution is -0.121. The Morgan fingerprint density at radius 3 is 2.82 bits per heavy atom. The molecule has 0 saturated heterocycles. The minimum Gasteiger partial charge on any atom is -0.392 e. The van der Waals surface area contributed by atoms with Crippen LogP contribution >= 0.6 is 0 Å². The number of fused-ring (bicyclic) bond motifs is 1. The van der Waals surface area contributed by atoms with Crippen molar-refractivity contribution in [1.82, 2.24) is 10.3 Å². The van der Waals surface area contributed by atoms with Gasteiger partial charge in [-0.15, -0.1) is 0 Å². The predicted octanol–water partition coefficient (Wildman–Crippen LogP) is 5.34. The van der Waals surface area contributed by atoms with Gasteiger partial charge in [-0.3, -0.25) is 9.78 Å². The van der Waals surface area contributed by atoms with Crippen molar-refractivity contribution in [1.29, 1.82) is 0 Å². The van der Waals surface area contributed by atoms with Crippen LogP contribution < -0.4 is 5.32 Å². The maximum absolute atomic E-state index is 12.1. The SMILES string of the molecule is CCCC[C@@H](C)C[C@H](O)/C=C/[C@@H]1[C@H]2CC(CCCCC(=O)NCc3ccncc3)=C[C@H]2C[C@H]1O. The minimum atomic E-state index is -0.420. The smallest absolute Gasteiger partial charge is 0.220 e. The Hall–Kier alpha value is -1.98. The molecule has 0 spiro atoms. The van der Waals surface area contributed by atoms with Crippen LogP contribution in [0.4, 0.5) is 0 Å². The Labute approximate surface area is 205 Å². The van der Waals surface area contributed by atoms with Crippen molar-refractivity contribution in [3.8, 4) is 0 Å². The maximum atomic E-state index is 12.1. The molecule has 1 saturated carbocycles.